The number of amides is 2. The van der Waals surface area contributed by atoms with Crippen LogP contribution in [0, 0.1) is 22.7 Å². The predicted molar refractivity (Wildman–Crippen MR) is 147 cm³/mol. The molecule has 3 aromatic carbocycles. The third kappa shape index (κ3) is 2.90. The highest BCUT2D eigenvalue weighted by molar-refractivity contribution is 6.34. The summed E-state index contributed by atoms with van der Waals surface area (Å²) in [6.45, 7) is 6.40. The van der Waals surface area contributed by atoms with Crippen molar-refractivity contribution in [2.45, 2.75) is 33.6 Å². The number of ether oxygens (including phenoxy) is 1. The Labute approximate surface area is 223 Å². The molecule has 38 heavy (non-hydrogen) atoms. The van der Waals surface area contributed by atoms with Crippen molar-refractivity contribution in [3.8, 4) is 5.75 Å². The molecule has 1 saturated heterocycles. The summed E-state index contributed by atoms with van der Waals surface area (Å²) in [7, 11) is 0. The van der Waals surface area contributed by atoms with Gasteiger partial charge in [-0.3, -0.25) is 14.4 Å². The van der Waals surface area contributed by atoms with Crippen LogP contribution in [0.1, 0.15) is 44.7 Å². The summed E-state index contributed by atoms with van der Waals surface area (Å²) in [5.41, 5.74) is 2.08. The van der Waals surface area contributed by atoms with Gasteiger partial charge in [-0.25, -0.2) is 4.90 Å². The number of carbonyl (C=O) groups is 3. The van der Waals surface area contributed by atoms with Crippen LogP contribution in [-0.2, 0) is 14.4 Å². The van der Waals surface area contributed by atoms with Crippen LogP contribution in [0.5, 0.6) is 5.75 Å². The van der Waals surface area contributed by atoms with Crippen LogP contribution < -0.4 is 9.64 Å². The highest BCUT2D eigenvalue weighted by Crippen LogP contribution is 2.75. The molecule has 2 bridgehead atoms. The molecule has 5 nitrogen and oxygen atoms in total. The minimum atomic E-state index is -1.07. The Morgan fingerprint density at radius 1 is 0.658 bits per heavy atom. The molecule has 1 heterocycles. The summed E-state index contributed by atoms with van der Waals surface area (Å²) in [5.74, 6) is -1.33. The fraction of sp³-hybridized carbons (Fsp3) is 0.303. The molecule has 5 heteroatoms. The zero-order valence-electron chi connectivity index (χ0n) is 21.9. The van der Waals surface area contributed by atoms with Crippen LogP contribution in [0.25, 0.3) is 11.1 Å². The number of allylic oxidation sites excluding steroid dienone is 2. The molecule has 2 amide bonds. The number of carbonyl (C=O) groups excluding carboxylic acids is 3. The number of nitrogens with zero attached hydrogens (tertiary/aromatic N) is 1. The standard InChI is InChI=1S/C33H31NO4/c1-4-32-25(21-13-9-7-10-14-21)26(22-15-11-8-12-16-22)33(5-2,31(32)37)28-27(32)29(35)34(30(28)36)23-17-19-24(20-18-23)38-6-3/h7-20,27-28H,4-6H2,1-3H3/t27-,28-,32+,33+/m1/s1. The first-order valence-electron chi connectivity index (χ1n) is 13.5. The number of Topliss-reactive ketones (excluding diaryl/α,β-unsaturated/α-hetero) is 1. The Kier molecular flexibility index (Phi) is 5.64. The summed E-state index contributed by atoms with van der Waals surface area (Å²) >= 11 is 0. The monoisotopic (exact) mass is 505 g/mol. The highest BCUT2D eigenvalue weighted by Gasteiger charge is 2.80. The second-order valence-corrected chi connectivity index (χ2v) is 10.4. The zero-order valence-corrected chi connectivity index (χ0v) is 21.9. The van der Waals surface area contributed by atoms with Crippen molar-refractivity contribution >= 4 is 34.4 Å². The third-order valence-electron chi connectivity index (χ3n) is 8.97. The Bertz CT molecular complexity index is 1370. The van der Waals surface area contributed by atoms with Crippen LogP contribution in [-0.4, -0.2) is 24.2 Å². The lowest BCUT2D eigenvalue weighted by Crippen LogP contribution is -2.41. The molecule has 192 valence electrons. The molecule has 0 unspecified atom stereocenters. The number of anilines is 1. The SMILES string of the molecule is CCOc1ccc(N2C(=O)[C@H]3[C@H](C2=O)[C@@]2(CC)C(=O)[C@@]3(CC)C(c3ccccc3)=C2c2ccccc2)cc1. The van der Waals surface area contributed by atoms with Gasteiger partial charge in [0.1, 0.15) is 5.75 Å². The van der Waals surface area contributed by atoms with Crippen LogP contribution in [0.15, 0.2) is 84.9 Å². The highest BCUT2D eigenvalue weighted by atomic mass is 16.5. The molecule has 4 atom stereocenters. The number of ketones is 1. The maximum absolute atomic E-state index is 14.7. The van der Waals surface area contributed by atoms with Gasteiger partial charge in [-0.05, 0) is 66.3 Å². The predicted octanol–water partition coefficient (Wildman–Crippen LogP) is 6.19. The minimum Gasteiger partial charge on any atom is -0.494 e. The van der Waals surface area contributed by atoms with E-state index in [-0.39, 0.29) is 17.6 Å². The van der Waals surface area contributed by atoms with E-state index in [0.717, 1.165) is 22.3 Å². The largest absolute Gasteiger partial charge is 0.494 e. The van der Waals surface area contributed by atoms with Crippen LogP contribution in [0.3, 0.4) is 0 Å². The summed E-state index contributed by atoms with van der Waals surface area (Å²) < 4.78 is 5.56. The van der Waals surface area contributed by atoms with Gasteiger partial charge in [-0.1, -0.05) is 74.5 Å². The van der Waals surface area contributed by atoms with Crippen molar-refractivity contribution in [1.82, 2.24) is 0 Å². The number of hydrogen-bond acceptors (Lipinski definition) is 4. The summed E-state index contributed by atoms with van der Waals surface area (Å²) in [5, 5.41) is 0. The van der Waals surface area contributed by atoms with Gasteiger partial charge in [0.25, 0.3) is 0 Å². The molecule has 6 rings (SSSR count). The number of imide groups is 1. The summed E-state index contributed by atoms with van der Waals surface area (Å²) in [4.78, 5) is 44.6. The van der Waals surface area contributed by atoms with E-state index in [1.165, 1.54) is 4.90 Å². The molecule has 0 N–H and O–H groups in total. The van der Waals surface area contributed by atoms with Crippen molar-refractivity contribution in [3.05, 3.63) is 96.1 Å². The number of rotatable bonds is 7. The molecular weight excluding hydrogens is 474 g/mol. The zero-order chi connectivity index (χ0) is 26.7. The molecule has 2 fully saturated rings. The van der Waals surface area contributed by atoms with Crippen molar-refractivity contribution in [1.29, 1.82) is 0 Å². The van der Waals surface area contributed by atoms with Gasteiger partial charge in [0, 0.05) is 0 Å². The van der Waals surface area contributed by atoms with Crippen molar-refractivity contribution in [2.75, 3.05) is 11.5 Å². The average Bonchev–Trinajstić information content (AvgIpc) is 3.46. The lowest BCUT2D eigenvalue weighted by Gasteiger charge is -2.38. The number of hydrogen-bond donors (Lipinski definition) is 0. The first kappa shape index (κ1) is 24.4. The maximum Gasteiger partial charge on any atom is 0.239 e. The van der Waals surface area contributed by atoms with Crippen LogP contribution in [0.4, 0.5) is 5.69 Å². The molecule has 0 radical (unpaired) electrons. The topological polar surface area (TPSA) is 63.7 Å². The van der Waals surface area contributed by atoms with Crippen molar-refractivity contribution < 1.29 is 19.1 Å². The van der Waals surface area contributed by atoms with Gasteiger partial charge in [0.2, 0.25) is 11.8 Å². The van der Waals surface area contributed by atoms with Crippen molar-refractivity contribution in [3.63, 3.8) is 0 Å². The van der Waals surface area contributed by atoms with E-state index in [1.54, 1.807) is 24.3 Å². The van der Waals surface area contributed by atoms with E-state index in [4.69, 9.17) is 4.74 Å². The Balaban J connectivity index is 1.60. The lowest BCUT2D eigenvalue weighted by molar-refractivity contribution is -0.134. The summed E-state index contributed by atoms with van der Waals surface area (Å²) in [6, 6.07) is 26.9. The molecule has 1 saturated carbocycles. The number of benzene rings is 3. The first-order chi connectivity index (χ1) is 18.5. The minimum absolute atomic E-state index is 0.0238. The van der Waals surface area contributed by atoms with Gasteiger partial charge in [-0.15, -0.1) is 0 Å². The Morgan fingerprint density at radius 2 is 1.11 bits per heavy atom. The summed E-state index contributed by atoms with van der Waals surface area (Å²) in [6.07, 6.45) is 0.900. The number of fused-ring (bicyclic) bond motifs is 5. The molecule has 0 spiro atoms. The van der Waals surface area contributed by atoms with E-state index >= 15 is 0 Å². The van der Waals surface area contributed by atoms with Crippen molar-refractivity contribution in [2.24, 2.45) is 22.7 Å². The van der Waals surface area contributed by atoms with Gasteiger partial charge in [0.15, 0.2) is 5.78 Å². The van der Waals surface area contributed by atoms with E-state index in [1.807, 2.05) is 81.4 Å². The molecule has 3 aromatic rings. The maximum atomic E-state index is 14.7. The second-order valence-electron chi connectivity index (χ2n) is 10.4. The fourth-order valence-corrected chi connectivity index (χ4v) is 7.57. The Morgan fingerprint density at radius 3 is 1.50 bits per heavy atom. The van der Waals surface area contributed by atoms with Crippen LogP contribution in [0.2, 0.25) is 0 Å². The lowest BCUT2D eigenvalue weighted by atomic mass is 9.60. The van der Waals surface area contributed by atoms with Gasteiger partial charge >= 0.3 is 0 Å². The second kappa shape index (κ2) is 8.80. The van der Waals surface area contributed by atoms with Crippen LogP contribution >= 0.6 is 0 Å². The van der Waals surface area contributed by atoms with Gasteiger partial charge < -0.3 is 4.74 Å². The fourth-order valence-electron chi connectivity index (χ4n) is 7.57. The Hall–Kier alpha value is -3.99. The molecule has 0 aromatic heterocycles. The van der Waals surface area contributed by atoms with E-state index in [0.29, 0.717) is 30.9 Å². The molecular formula is C33H31NO4. The third-order valence-corrected chi connectivity index (χ3v) is 8.97. The average molecular weight is 506 g/mol. The smallest absolute Gasteiger partial charge is 0.239 e. The van der Waals surface area contributed by atoms with Gasteiger partial charge in [-0.2, -0.15) is 0 Å². The van der Waals surface area contributed by atoms with E-state index in [9.17, 15) is 14.4 Å². The first-order valence-corrected chi connectivity index (χ1v) is 13.5. The molecule has 2 aliphatic carbocycles. The van der Waals surface area contributed by atoms with E-state index < -0.39 is 22.7 Å². The molecule has 1 aliphatic heterocycles. The van der Waals surface area contributed by atoms with E-state index in [2.05, 4.69) is 0 Å². The molecule has 3 aliphatic rings. The normalized spacial score (nSPS) is 27.9. The van der Waals surface area contributed by atoms with Gasteiger partial charge in [0.05, 0.1) is 35.0 Å². The quantitative estimate of drug-likeness (QED) is 0.359.